The molecule has 0 bridgehead atoms. The summed E-state index contributed by atoms with van der Waals surface area (Å²) in [5.41, 5.74) is 3.80. The lowest BCUT2D eigenvalue weighted by molar-refractivity contribution is -0.123. The number of benzene rings is 2. The Hall–Kier alpha value is -1.58. The van der Waals surface area contributed by atoms with E-state index in [1.54, 1.807) is 29.3 Å². The number of ether oxygens (including phenoxy) is 1. The van der Waals surface area contributed by atoms with Gasteiger partial charge < -0.3 is 4.74 Å². The van der Waals surface area contributed by atoms with Gasteiger partial charge in [0, 0.05) is 26.3 Å². The number of nitrogens with one attached hydrogen (secondary N) is 1. The van der Waals surface area contributed by atoms with Crippen molar-refractivity contribution in [2.24, 2.45) is 5.10 Å². The van der Waals surface area contributed by atoms with Crippen LogP contribution in [0.4, 0.5) is 0 Å². The third-order valence-corrected chi connectivity index (χ3v) is 9.68. The van der Waals surface area contributed by atoms with Gasteiger partial charge in [0.2, 0.25) is 0 Å². The van der Waals surface area contributed by atoms with Crippen LogP contribution in [0.15, 0.2) is 74.9 Å². The van der Waals surface area contributed by atoms with Crippen LogP contribution in [-0.2, 0) is 4.79 Å². The lowest BCUT2D eigenvalue weighted by Crippen LogP contribution is -2.24. The van der Waals surface area contributed by atoms with Crippen LogP contribution < -0.4 is 10.2 Å². The van der Waals surface area contributed by atoms with Crippen molar-refractivity contribution >= 4 is 70.3 Å². The van der Waals surface area contributed by atoms with E-state index in [4.69, 9.17) is 16.3 Å². The van der Waals surface area contributed by atoms with Crippen LogP contribution in [0.2, 0.25) is 5.02 Å². The fourth-order valence-corrected chi connectivity index (χ4v) is 7.68. The number of nitrogens with zero attached hydrogens (tertiary/aromatic N) is 1. The average Bonchev–Trinajstić information content (AvgIpc) is 3.47. The number of carbonyl (C=O) groups excluding carboxylic acids is 1. The zero-order valence-electron chi connectivity index (χ0n) is 16.3. The van der Waals surface area contributed by atoms with Crippen molar-refractivity contribution in [2.75, 3.05) is 18.1 Å². The van der Waals surface area contributed by atoms with E-state index in [0.29, 0.717) is 10.3 Å². The second-order valence-corrected chi connectivity index (χ2v) is 12.1. The Morgan fingerprint density at radius 1 is 1.10 bits per heavy atom. The second-order valence-electron chi connectivity index (χ2n) is 6.44. The van der Waals surface area contributed by atoms with E-state index in [1.165, 1.54) is 17.1 Å². The van der Waals surface area contributed by atoms with Gasteiger partial charge in [-0.25, -0.2) is 5.43 Å². The molecule has 1 aromatic heterocycles. The van der Waals surface area contributed by atoms with Crippen LogP contribution in [0.1, 0.15) is 15.0 Å². The Kier molecular flexibility index (Phi) is 8.27. The van der Waals surface area contributed by atoms with Crippen molar-refractivity contribution in [2.45, 2.75) is 13.7 Å². The number of thioether (sulfide) groups is 2. The molecule has 0 atom stereocenters. The maximum Gasteiger partial charge on any atom is 0.277 e. The van der Waals surface area contributed by atoms with Crippen LogP contribution in [0, 0.1) is 0 Å². The Bertz CT molecular complexity index is 1030. The van der Waals surface area contributed by atoms with Gasteiger partial charge in [-0.2, -0.15) is 5.10 Å². The van der Waals surface area contributed by atoms with Crippen LogP contribution in [0.5, 0.6) is 5.75 Å². The molecule has 160 valence electrons. The minimum absolute atomic E-state index is 0.0777. The summed E-state index contributed by atoms with van der Waals surface area (Å²) in [6.45, 7) is -0.0777. The Balaban J connectivity index is 1.20. The van der Waals surface area contributed by atoms with Gasteiger partial charge in [0.1, 0.15) is 5.75 Å². The average molecular weight is 507 g/mol. The molecule has 31 heavy (non-hydrogen) atoms. The highest BCUT2D eigenvalue weighted by molar-refractivity contribution is 8.19. The quantitative estimate of drug-likeness (QED) is 0.277. The summed E-state index contributed by atoms with van der Waals surface area (Å²) in [4.78, 5) is 14.1. The van der Waals surface area contributed by atoms with Crippen molar-refractivity contribution in [1.29, 1.82) is 0 Å². The van der Waals surface area contributed by atoms with Gasteiger partial charge in [-0.1, -0.05) is 35.5 Å². The zero-order valence-corrected chi connectivity index (χ0v) is 20.3. The number of amides is 1. The highest BCUT2D eigenvalue weighted by Gasteiger charge is 2.18. The molecule has 9 heteroatoms. The molecule has 0 saturated carbocycles. The molecule has 0 spiro atoms. The van der Waals surface area contributed by atoms with E-state index in [0.717, 1.165) is 19.0 Å². The molecule has 1 aliphatic rings. The Labute approximate surface area is 203 Å². The minimum Gasteiger partial charge on any atom is -0.484 e. The Morgan fingerprint density at radius 2 is 1.84 bits per heavy atom. The molecule has 3 aromatic rings. The maximum atomic E-state index is 12.0. The lowest BCUT2D eigenvalue weighted by atomic mass is 10.2. The van der Waals surface area contributed by atoms with Gasteiger partial charge in [-0.15, -0.1) is 34.9 Å². The zero-order chi connectivity index (χ0) is 21.5. The van der Waals surface area contributed by atoms with Crippen molar-refractivity contribution in [3.8, 4) is 5.75 Å². The van der Waals surface area contributed by atoms with E-state index in [1.807, 2.05) is 72.1 Å². The number of hydrazone groups is 1. The summed E-state index contributed by atoms with van der Waals surface area (Å²) in [7, 11) is 0. The van der Waals surface area contributed by atoms with Crippen LogP contribution in [-0.4, -0.2) is 30.2 Å². The second kappa shape index (κ2) is 11.3. The van der Waals surface area contributed by atoms with Crippen molar-refractivity contribution in [3.63, 3.8) is 0 Å². The van der Waals surface area contributed by atoms with Crippen molar-refractivity contribution < 1.29 is 9.53 Å². The van der Waals surface area contributed by atoms with E-state index in [9.17, 15) is 4.79 Å². The number of rotatable bonds is 8. The molecule has 0 radical (unpaired) electrons. The van der Waals surface area contributed by atoms with Gasteiger partial charge in [0.05, 0.1) is 15.0 Å². The smallest absolute Gasteiger partial charge is 0.277 e. The fraction of sp³-hybridized carbons (Fsp3) is 0.182. The molecule has 4 rings (SSSR count). The molecule has 4 nitrogen and oxygen atoms in total. The first-order valence-electron chi connectivity index (χ1n) is 9.47. The van der Waals surface area contributed by atoms with Gasteiger partial charge in [0.15, 0.2) is 6.61 Å². The number of hydrogen-bond acceptors (Lipinski definition) is 7. The topological polar surface area (TPSA) is 50.7 Å². The summed E-state index contributed by atoms with van der Waals surface area (Å²) in [5, 5.41) is 4.75. The van der Waals surface area contributed by atoms with E-state index < -0.39 is 0 Å². The first kappa shape index (κ1) is 22.6. The normalized spacial score (nSPS) is 14.2. The molecule has 2 heterocycles. The van der Waals surface area contributed by atoms with Crippen LogP contribution >= 0.6 is 58.2 Å². The maximum absolute atomic E-state index is 12.0. The standard InChI is InChI=1S/C22H19ClN2O2S4/c23-16-3-7-18(8-4-16)30-21-10-9-19(31-21)13-24-25-20(26)14-27-17-5-1-15(2-6-17)22-28-11-12-29-22/h1-10,13,22H,11-12,14H2,(H,25,26)/b24-13-. The summed E-state index contributed by atoms with van der Waals surface area (Å²) in [6, 6.07) is 19.7. The summed E-state index contributed by atoms with van der Waals surface area (Å²) in [6.07, 6.45) is 1.64. The van der Waals surface area contributed by atoms with E-state index in [-0.39, 0.29) is 12.5 Å². The predicted octanol–water partition coefficient (Wildman–Crippen LogP) is 6.56. The number of thiophene rings is 1. The van der Waals surface area contributed by atoms with Crippen LogP contribution in [0.25, 0.3) is 0 Å². The highest BCUT2D eigenvalue weighted by Crippen LogP contribution is 2.45. The van der Waals surface area contributed by atoms with Crippen molar-refractivity contribution in [3.05, 3.63) is 76.1 Å². The summed E-state index contributed by atoms with van der Waals surface area (Å²) < 4.78 is 7.20. The molecule has 1 fully saturated rings. The SMILES string of the molecule is O=C(COc1ccc(C2SCCS2)cc1)N/N=C\c1ccc(Sc2ccc(Cl)cc2)s1. The largest absolute Gasteiger partial charge is 0.484 e. The minimum atomic E-state index is -0.297. The number of hydrogen-bond donors (Lipinski definition) is 1. The van der Waals surface area contributed by atoms with Crippen LogP contribution in [0.3, 0.4) is 0 Å². The number of halogens is 1. The first-order chi connectivity index (χ1) is 15.2. The summed E-state index contributed by atoms with van der Waals surface area (Å²) in [5.74, 6) is 2.78. The van der Waals surface area contributed by atoms with Gasteiger partial charge in [-0.3, -0.25) is 4.79 Å². The molecule has 0 unspecified atom stereocenters. The van der Waals surface area contributed by atoms with Crippen molar-refractivity contribution in [1.82, 2.24) is 5.43 Å². The lowest BCUT2D eigenvalue weighted by Gasteiger charge is -2.09. The molecular formula is C22H19ClN2O2S4. The third kappa shape index (κ3) is 6.95. The fourth-order valence-electron chi connectivity index (χ4n) is 2.70. The van der Waals surface area contributed by atoms with Gasteiger partial charge >= 0.3 is 0 Å². The summed E-state index contributed by atoms with van der Waals surface area (Å²) >= 11 is 13.1. The molecule has 0 aliphatic carbocycles. The Morgan fingerprint density at radius 3 is 2.58 bits per heavy atom. The third-order valence-electron chi connectivity index (χ3n) is 4.16. The highest BCUT2D eigenvalue weighted by atomic mass is 35.5. The molecule has 1 N–H and O–H groups in total. The molecule has 1 saturated heterocycles. The molecule has 1 amide bonds. The predicted molar refractivity (Wildman–Crippen MR) is 135 cm³/mol. The first-order valence-corrected chi connectivity index (χ1v) is 13.6. The molecule has 1 aliphatic heterocycles. The molecule has 2 aromatic carbocycles. The van der Waals surface area contributed by atoms with E-state index >= 15 is 0 Å². The number of carbonyl (C=O) groups is 1. The van der Waals surface area contributed by atoms with Gasteiger partial charge in [-0.05, 0) is 54.1 Å². The van der Waals surface area contributed by atoms with Gasteiger partial charge in [0.25, 0.3) is 5.91 Å². The van der Waals surface area contributed by atoms with E-state index in [2.05, 4.69) is 22.7 Å². The monoisotopic (exact) mass is 506 g/mol. The molecular weight excluding hydrogens is 488 g/mol.